The Balaban J connectivity index is 2.79. The van der Waals surface area contributed by atoms with Crippen molar-refractivity contribution in [2.45, 2.75) is 32.4 Å². The molecule has 0 aliphatic heterocycles. The van der Waals surface area contributed by atoms with Crippen LogP contribution in [0.3, 0.4) is 0 Å². The molecule has 0 aliphatic carbocycles. The summed E-state index contributed by atoms with van der Waals surface area (Å²) in [4.78, 5) is 26.9. The lowest BCUT2D eigenvalue weighted by molar-refractivity contribution is -0.138. The smallest absolute Gasteiger partial charge is 0.326 e. The van der Waals surface area contributed by atoms with Gasteiger partial charge in [-0.15, -0.1) is 0 Å². The summed E-state index contributed by atoms with van der Waals surface area (Å²) >= 11 is 0. The molecule has 1 aromatic rings. The molecule has 0 saturated carbocycles. The number of ether oxygens (including phenoxy) is 1. The molecule has 0 radical (unpaired) electrons. The molecule has 1 aromatic heterocycles. The van der Waals surface area contributed by atoms with Crippen LogP contribution in [0.5, 0.6) is 0 Å². The number of aliphatic carboxylic acids is 1. The highest BCUT2D eigenvalue weighted by Gasteiger charge is 2.18. The molecule has 19 heavy (non-hydrogen) atoms. The van der Waals surface area contributed by atoms with Crippen LogP contribution >= 0.6 is 0 Å². The van der Waals surface area contributed by atoms with Crippen LogP contribution in [-0.2, 0) is 16.1 Å². The van der Waals surface area contributed by atoms with Gasteiger partial charge in [-0.05, 0) is 19.8 Å². The normalized spacial score (nSPS) is 12.1. The lowest BCUT2D eigenvalue weighted by atomic mass is 10.1. The standard InChI is InChI=1S/C12H19N3O4/c1-3-15-7-6-13-10(11(15)16)14-9(12(17)18)5-4-8-19-2/h6-7,9H,3-5,8H2,1-2H3,(H,13,14)(H,17,18). The van der Waals surface area contributed by atoms with Gasteiger partial charge in [-0.3, -0.25) is 4.79 Å². The second-order valence-corrected chi connectivity index (χ2v) is 4.04. The van der Waals surface area contributed by atoms with Crippen LogP contribution in [0, 0.1) is 0 Å². The number of rotatable bonds is 8. The first-order valence-electron chi connectivity index (χ1n) is 6.13. The number of aryl methyl sites for hydroxylation is 1. The Morgan fingerprint density at radius 2 is 2.37 bits per heavy atom. The zero-order valence-electron chi connectivity index (χ0n) is 11.1. The molecular weight excluding hydrogens is 250 g/mol. The Hall–Kier alpha value is -1.89. The van der Waals surface area contributed by atoms with Crippen molar-refractivity contribution in [2.24, 2.45) is 0 Å². The fraction of sp³-hybridized carbons (Fsp3) is 0.583. The molecule has 0 bridgehead atoms. The molecule has 1 heterocycles. The van der Waals surface area contributed by atoms with E-state index in [1.165, 1.54) is 10.8 Å². The summed E-state index contributed by atoms with van der Waals surface area (Å²) in [6, 6.07) is -0.844. The summed E-state index contributed by atoms with van der Waals surface area (Å²) in [6.45, 7) is 2.82. The fourth-order valence-electron chi connectivity index (χ4n) is 1.65. The maximum atomic E-state index is 11.9. The van der Waals surface area contributed by atoms with Crippen LogP contribution in [0.25, 0.3) is 0 Å². The molecule has 106 valence electrons. The number of carbonyl (C=O) groups is 1. The monoisotopic (exact) mass is 269 g/mol. The summed E-state index contributed by atoms with van der Waals surface area (Å²) in [5, 5.41) is 11.8. The van der Waals surface area contributed by atoms with Crippen molar-refractivity contribution in [1.29, 1.82) is 0 Å². The first-order chi connectivity index (χ1) is 9.10. The molecule has 0 fully saturated rings. The van der Waals surface area contributed by atoms with Crippen LogP contribution in [0.4, 0.5) is 5.82 Å². The first kappa shape index (κ1) is 15.2. The fourth-order valence-corrected chi connectivity index (χ4v) is 1.65. The number of nitrogens with one attached hydrogen (secondary N) is 1. The predicted molar refractivity (Wildman–Crippen MR) is 70.3 cm³/mol. The number of aromatic nitrogens is 2. The molecule has 0 saturated heterocycles. The molecule has 0 aromatic carbocycles. The van der Waals surface area contributed by atoms with Crippen LogP contribution < -0.4 is 10.9 Å². The number of carboxylic acids is 1. The van der Waals surface area contributed by atoms with E-state index in [1.54, 1.807) is 13.3 Å². The van der Waals surface area contributed by atoms with Crippen LogP contribution in [-0.4, -0.2) is 40.4 Å². The minimum atomic E-state index is -1.01. The van der Waals surface area contributed by atoms with Gasteiger partial charge < -0.3 is 19.7 Å². The summed E-state index contributed by atoms with van der Waals surface area (Å²) in [6.07, 6.45) is 4.00. The highest BCUT2D eigenvalue weighted by atomic mass is 16.5. The molecule has 0 amide bonds. The number of methoxy groups -OCH3 is 1. The predicted octanol–water partition coefficient (Wildman–Crippen LogP) is 0.555. The van der Waals surface area contributed by atoms with Crippen LogP contribution in [0.2, 0.25) is 0 Å². The zero-order valence-corrected chi connectivity index (χ0v) is 11.1. The summed E-state index contributed by atoms with van der Waals surface area (Å²) in [5.74, 6) is -0.946. The van der Waals surface area contributed by atoms with Crippen molar-refractivity contribution in [2.75, 3.05) is 19.0 Å². The quantitative estimate of drug-likeness (QED) is 0.670. The summed E-state index contributed by atoms with van der Waals surface area (Å²) in [7, 11) is 1.56. The Kier molecular flexibility index (Phi) is 6.01. The van der Waals surface area contributed by atoms with E-state index < -0.39 is 12.0 Å². The van der Waals surface area contributed by atoms with E-state index in [2.05, 4.69) is 10.3 Å². The molecule has 1 rings (SSSR count). The molecule has 1 atom stereocenters. The number of hydrogen-bond acceptors (Lipinski definition) is 5. The maximum Gasteiger partial charge on any atom is 0.326 e. The van der Waals surface area contributed by atoms with Crippen molar-refractivity contribution in [3.8, 4) is 0 Å². The van der Waals surface area contributed by atoms with Gasteiger partial charge in [0.25, 0.3) is 5.56 Å². The van der Waals surface area contributed by atoms with Crippen molar-refractivity contribution in [1.82, 2.24) is 9.55 Å². The van der Waals surface area contributed by atoms with E-state index in [0.717, 1.165) is 0 Å². The number of carboxylic acid groups (broad SMARTS) is 1. The van der Waals surface area contributed by atoms with Gasteiger partial charge in [0.2, 0.25) is 0 Å². The van der Waals surface area contributed by atoms with E-state index in [-0.39, 0.29) is 11.4 Å². The van der Waals surface area contributed by atoms with Crippen LogP contribution in [0.15, 0.2) is 17.2 Å². The van der Waals surface area contributed by atoms with Crippen molar-refractivity contribution < 1.29 is 14.6 Å². The molecule has 7 heteroatoms. The molecule has 0 spiro atoms. The second-order valence-electron chi connectivity index (χ2n) is 4.04. The number of hydrogen-bond donors (Lipinski definition) is 2. The van der Waals surface area contributed by atoms with Gasteiger partial charge in [0.05, 0.1) is 0 Å². The van der Waals surface area contributed by atoms with Crippen molar-refractivity contribution in [3.05, 3.63) is 22.7 Å². The SMILES string of the molecule is CCn1ccnc(NC(CCCOC)C(=O)O)c1=O. The Labute approximate surface area is 111 Å². The molecule has 1 unspecified atom stereocenters. The number of anilines is 1. The number of nitrogens with zero attached hydrogens (tertiary/aromatic N) is 2. The maximum absolute atomic E-state index is 11.9. The van der Waals surface area contributed by atoms with Crippen molar-refractivity contribution >= 4 is 11.8 Å². The molecule has 2 N–H and O–H groups in total. The second kappa shape index (κ2) is 7.52. The Bertz CT molecular complexity index is 472. The highest BCUT2D eigenvalue weighted by Crippen LogP contribution is 2.04. The Morgan fingerprint density at radius 1 is 1.63 bits per heavy atom. The van der Waals surface area contributed by atoms with Crippen molar-refractivity contribution in [3.63, 3.8) is 0 Å². The van der Waals surface area contributed by atoms with E-state index in [9.17, 15) is 9.59 Å². The third-order valence-electron chi connectivity index (χ3n) is 2.70. The Morgan fingerprint density at radius 3 is 2.95 bits per heavy atom. The largest absolute Gasteiger partial charge is 0.480 e. The van der Waals surface area contributed by atoms with E-state index >= 15 is 0 Å². The molecular formula is C12H19N3O4. The lowest BCUT2D eigenvalue weighted by Gasteiger charge is -2.15. The van der Waals surface area contributed by atoms with E-state index in [1.807, 2.05) is 6.92 Å². The molecule has 7 nitrogen and oxygen atoms in total. The first-order valence-corrected chi connectivity index (χ1v) is 6.13. The van der Waals surface area contributed by atoms with Gasteiger partial charge in [0.1, 0.15) is 6.04 Å². The minimum Gasteiger partial charge on any atom is -0.480 e. The van der Waals surface area contributed by atoms with Gasteiger partial charge >= 0.3 is 5.97 Å². The van der Waals surface area contributed by atoms with E-state index in [0.29, 0.717) is 26.0 Å². The van der Waals surface area contributed by atoms with Crippen LogP contribution in [0.1, 0.15) is 19.8 Å². The third-order valence-corrected chi connectivity index (χ3v) is 2.70. The van der Waals surface area contributed by atoms with Gasteiger partial charge in [-0.2, -0.15) is 0 Å². The average molecular weight is 269 g/mol. The van der Waals surface area contributed by atoms with Gasteiger partial charge in [0.15, 0.2) is 5.82 Å². The van der Waals surface area contributed by atoms with Gasteiger partial charge in [-0.1, -0.05) is 0 Å². The third kappa shape index (κ3) is 4.36. The zero-order chi connectivity index (χ0) is 14.3. The summed E-state index contributed by atoms with van der Waals surface area (Å²) < 4.78 is 6.34. The topological polar surface area (TPSA) is 93.4 Å². The summed E-state index contributed by atoms with van der Waals surface area (Å²) in [5.41, 5.74) is -0.317. The minimum absolute atomic E-state index is 0.0640. The van der Waals surface area contributed by atoms with E-state index in [4.69, 9.17) is 9.84 Å². The van der Waals surface area contributed by atoms with Gasteiger partial charge in [0, 0.05) is 32.7 Å². The van der Waals surface area contributed by atoms with Gasteiger partial charge in [-0.25, -0.2) is 9.78 Å². The molecule has 0 aliphatic rings. The average Bonchev–Trinajstić information content (AvgIpc) is 2.39. The highest BCUT2D eigenvalue weighted by molar-refractivity contribution is 5.76. The lowest BCUT2D eigenvalue weighted by Crippen LogP contribution is -2.34.